The number of halogens is 1. The lowest BCUT2D eigenvalue weighted by atomic mass is 10.1. The largest absolute Gasteiger partial charge is 0.488 e. The summed E-state index contributed by atoms with van der Waals surface area (Å²) in [6.45, 7) is 6.13. The molecule has 4 heteroatoms. The van der Waals surface area contributed by atoms with E-state index in [1.165, 1.54) is 12.1 Å². The Hall–Kier alpha value is -2.36. The second kappa shape index (κ2) is 5.95. The topological polar surface area (TPSA) is 46.5 Å². The predicted molar refractivity (Wildman–Crippen MR) is 78.3 cm³/mol. The molecular weight excluding hydrogens is 271 g/mol. The second-order valence-corrected chi connectivity index (χ2v) is 5.06. The highest BCUT2D eigenvalue weighted by Gasteiger charge is 2.11. The van der Waals surface area contributed by atoms with E-state index >= 15 is 0 Å². The Balaban J connectivity index is 2.19. The van der Waals surface area contributed by atoms with Crippen LogP contribution < -0.4 is 4.74 Å². The van der Waals surface area contributed by atoms with Crippen LogP contribution in [0.15, 0.2) is 30.3 Å². The van der Waals surface area contributed by atoms with Gasteiger partial charge in [0.05, 0.1) is 5.56 Å². The molecule has 3 nitrogen and oxygen atoms in total. The molecule has 0 aromatic heterocycles. The molecule has 110 valence electrons. The molecule has 0 fully saturated rings. The smallest absolute Gasteiger partial charge is 0.338 e. The number of ether oxygens (including phenoxy) is 1. The molecule has 0 heterocycles. The van der Waals surface area contributed by atoms with Crippen molar-refractivity contribution in [1.82, 2.24) is 0 Å². The summed E-state index contributed by atoms with van der Waals surface area (Å²) in [5, 5.41) is 8.80. The molecule has 21 heavy (non-hydrogen) atoms. The van der Waals surface area contributed by atoms with Crippen molar-refractivity contribution in [3.8, 4) is 5.75 Å². The first-order chi connectivity index (χ1) is 9.90. The molecule has 0 aliphatic heterocycles. The number of carboxylic acids is 1. The number of aromatic carboxylic acids is 1. The van der Waals surface area contributed by atoms with Crippen molar-refractivity contribution in [2.24, 2.45) is 0 Å². The van der Waals surface area contributed by atoms with E-state index in [2.05, 4.69) is 0 Å². The van der Waals surface area contributed by atoms with Crippen LogP contribution in [0.4, 0.5) is 4.39 Å². The number of rotatable bonds is 4. The van der Waals surface area contributed by atoms with Crippen LogP contribution in [0, 0.1) is 26.6 Å². The van der Waals surface area contributed by atoms with Gasteiger partial charge in [0.2, 0.25) is 0 Å². The van der Waals surface area contributed by atoms with Gasteiger partial charge < -0.3 is 9.84 Å². The third-order valence-corrected chi connectivity index (χ3v) is 3.52. The zero-order valence-corrected chi connectivity index (χ0v) is 12.2. The van der Waals surface area contributed by atoms with Crippen LogP contribution in [0.3, 0.4) is 0 Å². The van der Waals surface area contributed by atoms with Crippen LogP contribution in [0.25, 0.3) is 0 Å². The summed E-state index contributed by atoms with van der Waals surface area (Å²) >= 11 is 0. The highest BCUT2D eigenvalue weighted by Crippen LogP contribution is 2.26. The average molecular weight is 288 g/mol. The van der Waals surface area contributed by atoms with Crippen molar-refractivity contribution < 1.29 is 19.0 Å². The molecule has 2 aromatic rings. The maximum absolute atomic E-state index is 13.6. The Morgan fingerprint density at radius 2 is 1.81 bits per heavy atom. The van der Waals surface area contributed by atoms with Crippen LogP contribution >= 0.6 is 0 Å². The van der Waals surface area contributed by atoms with Gasteiger partial charge in [-0.15, -0.1) is 0 Å². The third-order valence-electron chi connectivity index (χ3n) is 3.52. The van der Waals surface area contributed by atoms with E-state index in [9.17, 15) is 9.18 Å². The monoisotopic (exact) mass is 288 g/mol. The number of aryl methyl sites for hydroxylation is 2. The van der Waals surface area contributed by atoms with Gasteiger partial charge in [-0.2, -0.15) is 0 Å². The van der Waals surface area contributed by atoms with Crippen LogP contribution in [0.1, 0.15) is 32.6 Å². The number of carbonyl (C=O) groups is 1. The molecule has 1 N–H and O–H groups in total. The summed E-state index contributed by atoms with van der Waals surface area (Å²) in [4.78, 5) is 10.8. The standard InChI is InChI=1S/C17H17FO3/c1-10-4-5-11(2)16(12(10)3)21-9-13-6-7-14(17(19)20)15(18)8-13/h4-8H,9H2,1-3H3,(H,19,20). The summed E-state index contributed by atoms with van der Waals surface area (Å²) < 4.78 is 19.4. The van der Waals surface area contributed by atoms with Gasteiger partial charge in [-0.05, 0) is 55.2 Å². The summed E-state index contributed by atoms with van der Waals surface area (Å²) in [6.07, 6.45) is 0. The maximum Gasteiger partial charge on any atom is 0.338 e. The molecule has 0 radical (unpaired) electrons. The van der Waals surface area contributed by atoms with Crippen LogP contribution in [0.2, 0.25) is 0 Å². The van der Waals surface area contributed by atoms with Gasteiger partial charge in [-0.25, -0.2) is 9.18 Å². The minimum atomic E-state index is -1.27. The molecule has 0 aliphatic carbocycles. The van der Waals surface area contributed by atoms with E-state index in [1.807, 2.05) is 32.9 Å². The van der Waals surface area contributed by atoms with Gasteiger partial charge in [0.1, 0.15) is 18.2 Å². The molecule has 0 amide bonds. The Labute approximate surface area is 123 Å². The molecule has 0 saturated heterocycles. The fraction of sp³-hybridized carbons (Fsp3) is 0.235. The van der Waals surface area contributed by atoms with Gasteiger partial charge in [0.15, 0.2) is 0 Å². The lowest BCUT2D eigenvalue weighted by Gasteiger charge is -2.14. The van der Waals surface area contributed by atoms with Crippen molar-refractivity contribution in [3.05, 3.63) is 64.0 Å². The van der Waals surface area contributed by atoms with E-state index in [-0.39, 0.29) is 12.2 Å². The van der Waals surface area contributed by atoms with Crippen LogP contribution in [-0.4, -0.2) is 11.1 Å². The zero-order chi connectivity index (χ0) is 15.6. The summed E-state index contributed by atoms with van der Waals surface area (Å²) in [5.41, 5.74) is 3.46. The third kappa shape index (κ3) is 3.21. The summed E-state index contributed by atoms with van der Waals surface area (Å²) in [6, 6.07) is 8.02. The van der Waals surface area contributed by atoms with Crippen LogP contribution in [-0.2, 0) is 6.61 Å². The van der Waals surface area contributed by atoms with Gasteiger partial charge in [0.25, 0.3) is 0 Å². The van der Waals surface area contributed by atoms with Gasteiger partial charge in [0, 0.05) is 0 Å². The van der Waals surface area contributed by atoms with E-state index in [4.69, 9.17) is 9.84 Å². The molecule has 0 unspecified atom stereocenters. The lowest BCUT2D eigenvalue weighted by molar-refractivity contribution is 0.0692. The van der Waals surface area contributed by atoms with Crippen LogP contribution in [0.5, 0.6) is 5.75 Å². The minimum absolute atomic E-state index is 0.196. The van der Waals surface area contributed by atoms with Crippen molar-refractivity contribution in [2.75, 3.05) is 0 Å². The number of hydrogen-bond donors (Lipinski definition) is 1. The number of benzene rings is 2. The highest BCUT2D eigenvalue weighted by atomic mass is 19.1. The van der Waals surface area contributed by atoms with E-state index in [1.54, 1.807) is 6.07 Å². The molecular formula is C17H17FO3. The Morgan fingerprint density at radius 1 is 1.14 bits per heavy atom. The van der Waals surface area contributed by atoms with Crippen molar-refractivity contribution >= 4 is 5.97 Å². The molecule has 0 bridgehead atoms. The normalized spacial score (nSPS) is 10.5. The molecule has 0 saturated carbocycles. The van der Waals surface area contributed by atoms with Gasteiger partial charge in [-0.3, -0.25) is 0 Å². The van der Waals surface area contributed by atoms with Gasteiger partial charge in [-0.1, -0.05) is 18.2 Å². The lowest BCUT2D eigenvalue weighted by Crippen LogP contribution is -2.04. The first-order valence-corrected chi connectivity index (χ1v) is 6.61. The summed E-state index contributed by atoms with van der Waals surface area (Å²) in [5.74, 6) is -1.23. The quantitative estimate of drug-likeness (QED) is 0.924. The maximum atomic E-state index is 13.6. The Bertz CT molecular complexity index is 693. The average Bonchev–Trinajstić information content (AvgIpc) is 2.43. The first kappa shape index (κ1) is 15.0. The first-order valence-electron chi connectivity index (χ1n) is 6.61. The zero-order valence-electron chi connectivity index (χ0n) is 12.2. The van der Waals surface area contributed by atoms with E-state index in [0.717, 1.165) is 22.4 Å². The minimum Gasteiger partial charge on any atom is -0.488 e. The number of hydrogen-bond acceptors (Lipinski definition) is 2. The Morgan fingerprint density at radius 3 is 2.43 bits per heavy atom. The van der Waals surface area contributed by atoms with Crippen molar-refractivity contribution in [1.29, 1.82) is 0 Å². The molecule has 0 aliphatic rings. The number of carboxylic acid groups (broad SMARTS) is 1. The van der Waals surface area contributed by atoms with Gasteiger partial charge >= 0.3 is 5.97 Å². The molecule has 0 atom stereocenters. The second-order valence-electron chi connectivity index (χ2n) is 5.06. The van der Waals surface area contributed by atoms with E-state index < -0.39 is 11.8 Å². The highest BCUT2D eigenvalue weighted by molar-refractivity contribution is 5.87. The summed E-state index contributed by atoms with van der Waals surface area (Å²) in [7, 11) is 0. The SMILES string of the molecule is Cc1ccc(C)c(OCc2ccc(C(=O)O)c(F)c2)c1C. The fourth-order valence-corrected chi connectivity index (χ4v) is 2.12. The fourth-order valence-electron chi connectivity index (χ4n) is 2.12. The van der Waals surface area contributed by atoms with E-state index in [0.29, 0.717) is 5.56 Å². The van der Waals surface area contributed by atoms with Crippen molar-refractivity contribution in [2.45, 2.75) is 27.4 Å². The molecule has 2 rings (SSSR count). The molecule has 2 aromatic carbocycles. The predicted octanol–water partition coefficient (Wildman–Crippen LogP) is 4.03. The molecule has 0 spiro atoms. The van der Waals surface area contributed by atoms with Crippen molar-refractivity contribution in [3.63, 3.8) is 0 Å². The Kier molecular flexibility index (Phi) is 4.26.